The molecule has 0 spiro atoms. The fourth-order valence-corrected chi connectivity index (χ4v) is 2.48. The van der Waals surface area contributed by atoms with Crippen LogP contribution in [0.15, 0.2) is 24.3 Å². The largest absolute Gasteiger partial charge is 0.389 e. The highest BCUT2D eigenvalue weighted by Gasteiger charge is 2.22. The van der Waals surface area contributed by atoms with Crippen molar-refractivity contribution in [2.24, 2.45) is 5.73 Å². The summed E-state index contributed by atoms with van der Waals surface area (Å²) in [5, 5.41) is 0. The summed E-state index contributed by atoms with van der Waals surface area (Å²) in [6, 6.07) is 7.41. The van der Waals surface area contributed by atoms with Crippen molar-refractivity contribution < 1.29 is 9.59 Å². The van der Waals surface area contributed by atoms with Gasteiger partial charge in [-0.1, -0.05) is 36.5 Å². The molecule has 1 aromatic carbocycles. The van der Waals surface area contributed by atoms with E-state index < -0.39 is 0 Å². The number of nitrogens with two attached hydrogens (primary N) is 1. The first kappa shape index (κ1) is 15.4. The van der Waals surface area contributed by atoms with Crippen molar-refractivity contribution in [3.05, 3.63) is 35.4 Å². The smallest absolute Gasteiger partial charge is 0.227 e. The van der Waals surface area contributed by atoms with Crippen molar-refractivity contribution in [3.8, 4) is 0 Å². The SMILES string of the molecule is CC(=O)N1CCN(C(=O)Cc2ccc(C(N)=S)cc2)CC1. The van der Waals surface area contributed by atoms with Crippen LogP contribution in [0.3, 0.4) is 0 Å². The normalized spacial score (nSPS) is 14.9. The minimum Gasteiger partial charge on any atom is -0.389 e. The number of nitrogens with zero attached hydrogens (tertiary/aromatic N) is 2. The summed E-state index contributed by atoms with van der Waals surface area (Å²) in [4.78, 5) is 27.4. The Morgan fingerprint density at radius 1 is 1.10 bits per heavy atom. The van der Waals surface area contributed by atoms with Crippen LogP contribution < -0.4 is 5.73 Å². The molecule has 0 aliphatic carbocycles. The summed E-state index contributed by atoms with van der Waals surface area (Å²) in [7, 11) is 0. The third-order valence-electron chi connectivity index (χ3n) is 3.67. The van der Waals surface area contributed by atoms with Gasteiger partial charge in [0.15, 0.2) is 0 Å². The second kappa shape index (κ2) is 6.67. The van der Waals surface area contributed by atoms with Gasteiger partial charge in [-0.15, -0.1) is 0 Å². The number of hydrogen-bond donors (Lipinski definition) is 1. The molecular weight excluding hydrogens is 286 g/mol. The molecule has 1 aromatic rings. The highest BCUT2D eigenvalue weighted by atomic mass is 32.1. The minimum atomic E-state index is 0.0652. The average molecular weight is 305 g/mol. The molecule has 0 saturated carbocycles. The van der Waals surface area contributed by atoms with Gasteiger partial charge in [-0.3, -0.25) is 9.59 Å². The van der Waals surface area contributed by atoms with Gasteiger partial charge in [-0.25, -0.2) is 0 Å². The summed E-state index contributed by atoms with van der Waals surface area (Å²) in [5.41, 5.74) is 7.28. The van der Waals surface area contributed by atoms with Crippen molar-refractivity contribution in [3.63, 3.8) is 0 Å². The van der Waals surface area contributed by atoms with Gasteiger partial charge in [0.2, 0.25) is 11.8 Å². The van der Waals surface area contributed by atoms with Crippen LogP contribution in [0.25, 0.3) is 0 Å². The van der Waals surface area contributed by atoms with Gasteiger partial charge >= 0.3 is 0 Å². The predicted octanol–water partition coefficient (Wildman–Crippen LogP) is 0.554. The molecule has 112 valence electrons. The van der Waals surface area contributed by atoms with E-state index in [1.165, 1.54) is 0 Å². The molecule has 0 aromatic heterocycles. The van der Waals surface area contributed by atoms with Crippen molar-refractivity contribution in [1.29, 1.82) is 0 Å². The minimum absolute atomic E-state index is 0.0652. The van der Waals surface area contributed by atoms with Crippen LogP contribution in [-0.4, -0.2) is 52.8 Å². The maximum atomic E-state index is 12.2. The molecule has 1 aliphatic heterocycles. The Morgan fingerprint density at radius 2 is 1.62 bits per heavy atom. The summed E-state index contributed by atoms with van der Waals surface area (Å²) in [6.07, 6.45) is 0.359. The number of thiocarbonyl (C=S) groups is 1. The van der Waals surface area contributed by atoms with E-state index in [0.29, 0.717) is 37.6 Å². The fraction of sp³-hybridized carbons (Fsp3) is 0.400. The second-order valence-corrected chi connectivity index (χ2v) is 5.56. The van der Waals surface area contributed by atoms with Gasteiger partial charge in [0, 0.05) is 38.7 Å². The number of carbonyl (C=O) groups is 2. The van der Waals surface area contributed by atoms with E-state index in [0.717, 1.165) is 11.1 Å². The predicted molar refractivity (Wildman–Crippen MR) is 84.9 cm³/mol. The molecule has 2 N–H and O–H groups in total. The molecule has 2 amide bonds. The number of hydrogen-bond acceptors (Lipinski definition) is 3. The van der Waals surface area contributed by atoms with Gasteiger partial charge in [0.25, 0.3) is 0 Å². The van der Waals surface area contributed by atoms with E-state index in [1.54, 1.807) is 16.7 Å². The molecule has 1 saturated heterocycles. The number of piperazine rings is 1. The molecule has 0 radical (unpaired) electrons. The number of carbonyl (C=O) groups excluding carboxylic acids is 2. The topological polar surface area (TPSA) is 66.6 Å². The standard InChI is InChI=1S/C15H19N3O2S/c1-11(19)17-6-8-18(9-7-17)14(20)10-12-2-4-13(5-3-12)15(16)21/h2-5H,6-10H2,1H3,(H2,16,21). The molecule has 1 fully saturated rings. The van der Waals surface area contributed by atoms with Crippen LogP contribution in [0.4, 0.5) is 0 Å². The molecule has 21 heavy (non-hydrogen) atoms. The molecule has 2 rings (SSSR count). The number of rotatable bonds is 3. The van der Waals surface area contributed by atoms with Crippen LogP contribution in [0, 0.1) is 0 Å². The van der Waals surface area contributed by atoms with Crippen LogP contribution in [0.2, 0.25) is 0 Å². The third-order valence-corrected chi connectivity index (χ3v) is 3.91. The number of benzene rings is 1. The van der Waals surface area contributed by atoms with E-state index in [-0.39, 0.29) is 11.8 Å². The van der Waals surface area contributed by atoms with Gasteiger partial charge in [-0.05, 0) is 5.56 Å². The zero-order valence-electron chi connectivity index (χ0n) is 12.0. The first-order chi connectivity index (χ1) is 9.97. The lowest BCUT2D eigenvalue weighted by molar-refractivity contribution is -0.138. The maximum absolute atomic E-state index is 12.2. The Morgan fingerprint density at radius 3 is 2.10 bits per heavy atom. The van der Waals surface area contributed by atoms with Gasteiger partial charge < -0.3 is 15.5 Å². The highest BCUT2D eigenvalue weighted by molar-refractivity contribution is 7.80. The van der Waals surface area contributed by atoms with E-state index in [4.69, 9.17) is 18.0 Å². The zero-order valence-corrected chi connectivity index (χ0v) is 12.9. The number of amides is 2. The van der Waals surface area contributed by atoms with Gasteiger partial charge in [-0.2, -0.15) is 0 Å². The second-order valence-electron chi connectivity index (χ2n) is 5.12. The Kier molecular flexibility index (Phi) is 4.90. The fourth-order valence-electron chi connectivity index (χ4n) is 2.34. The van der Waals surface area contributed by atoms with Crippen molar-refractivity contribution >= 4 is 29.0 Å². The van der Waals surface area contributed by atoms with Crippen LogP contribution in [-0.2, 0) is 16.0 Å². The lowest BCUT2D eigenvalue weighted by atomic mass is 10.1. The lowest BCUT2D eigenvalue weighted by Crippen LogP contribution is -2.50. The zero-order chi connectivity index (χ0) is 15.4. The first-order valence-electron chi connectivity index (χ1n) is 6.89. The van der Waals surface area contributed by atoms with Crippen LogP contribution in [0.1, 0.15) is 18.1 Å². The maximum Gasteiger partial charge on any atom is 0.227 e. The summed E-state index contributed by atoms with van der Waals surface area (Å²) in [5.74, 6) is 0.150. The van der Waals surface area contributed by atoms with Crippen molar-refractivity contribution in [2.75, 3.05) is 26.2 Å². The van der Waals surface area contributed by atoms with E-state index >= 15 is 0 Å². The Balaban J connectivity index is 1.90. The molecule has 0 unspecified atom stereocenters. The summed E-state index contributed by atoms with van der Waals surface area (Å²) >= 11 is 4.90. The molecule has 6 heteroatoms. The Hall–Kier alpha value is -1.95. The molecule has 1 aliphatic rings. The first-order valence-corrected chi connectivity index (χ1v) is 7.30. The average Bonchev–Trinajstić information content (AvgIpc) is 2.47. The highest BCUT2D eigenvalue weighted by Crippen LogP contribution is 2.09. The van der Waals surface area contributed by atoms with E-state index in [2.05, 4.69) is 0 Å². The summed E-state index contributed by atoms with van der Waals surface area (Å²) in [6.45, 7) is 3.98. The van der Waals surface area contributed by atoms with Crippen LogP contribution >= 0.6 is 12.2 Å². The van der Waals surface area contributed by atoms with Gasteiger partial charge in [0.1, 0.15) is 4.99 Å². The molecule has 0 atom stereocenters. The van der Waals surface area contributed by atoms with E-state index in [1.807, 2.05) is 24.3 Å². The van der Waals surface area contributed by atoms with E-state index in [9.17, 15) is 9.59 Å². The molecule has 0 bridgehead atoms. The van der Waals surface area contributed by atoms with Gasteiger partial charge in [0.05, 0.1) is 6.42 Å². The third kappa shape index (κ3) is 4.01. The molecular formula is C15H19N3O2S. The Bertz CT molecular complexity index is 549. The summed E-state index contributed by atoms with van der Waals surface area (Å²) < 4.78 is 0. The van der Waals surface area contributed by atoms with Crippen molar-refractivity contribution in [2.45, 2.75) is 13.3 Å². The quantitative estimate of drug-likeness (QED) is 0.829. The Labute approximate surface area is 129 Å². The lowest BCUT2D eigenvalue weighted by Gasteiger charge is -2.34. The van der Waals surface area contributed by atoms with Crippen molar-refractivity contribution in [1.82, 2.24) is 9.80 Å². The molecule has 5 nitrogen and oxygen atoms in total. The van der Waals surface area contributed by atoms with Crippen LogP contribution in [0.5, 0.6) is 0 Å². The molecule has 1 heterocycles. The monoisotopic (exact) mass is 305 g/mol.